The van der Waals surface area contributed by atoms with E-state index in [0.29, 0.717) is 6.54 Å². The number of hydrogen-bond acceptors (Lipinski definition) is 4. The van der Waals surface area contributed by atoms with E-state index >= 15 is 0 Å². The fraction of sp³-hybridized carbons (Fsp3) is 0.833. The van der Waals surface area contributed by atoms with Crippen LogP contribution in [0.4, 0.5) is 0 Å². The largest absolute Gasteiger partial charge is 0.314 e. The minimum absolute atomic E-state index is 0.0240. The van der Waals surface area contributed by atoms with Gasteiger partial charge in [0.15, 0.2) is 0 Å². The van der Waals surface area contributed by atoms with Gasteiger partial charge in [0.1, 0.15) is 6.17 Å². The van der Waals surface area contributed by atoms with Gasteiger partial charge in [-0.05, 0) is 26.7 Å². The minimum Gasteiger partial charge on any atom is -0.314 e. The number of nitrogens with zero attached hydrogens (tertiary/aromatic N) is 3. The zero-order valence-corrected chi connectivity index (χ0v) is 7.63. The number of likely N-dealkylation sites (N-methyl/N-ethyl adjacent to an activating group) is 3. The van der Waals surface area contributed by atoms with Crippen molar-refractivity contribution in [1.82, 2.24) is 16.0 Å². The first-order valence-electron chi connectivity index (χ1n) is 3.70. The number of azide groups is 1. The van der Waals surface area contributed by atoms with Gasteiger partial charge in [0.05, 0.1) is 0 Å². The second-order valence-electron chi connectivity index (χ2n) is 2.17. The highest BCUT2D eigenvalue weighted by Gasteiger charge is 2.15. The molecule has 0 aliphatic rings. The molecule has 0 saturated heterocycles. The SMILES string of the molecule is CN[C](NC)C(CN=[N+]=[N-])NC. The van der Waals surface area contributed by atoms with Crippen LogP contribution in [0.25, 0.3) is 10.4 Å². The van der Waals surface area contributed by atoms with Crippen molar-refractivity contribution in [2.24, 2.45) is 5.11 Å². The van der Waals surface area contributed by atoms with Crippen molar-refractivity contribution in [2.75, 3.05) is 27.7 Å². The van der Waals surface area contributed by atoms with Crippen LogP contribution in [0.1, 0.15) is 0 Å². The number of hydrogen-bond donors (Lipinski definition) is 3. The van der Waals surface area contributed by atoms with E-state index in [2.05, 4.69) is 26.0 Å². The quantitative estimate of drug-likeness (QED) is 0.294. The molecule has 12 heavy (non-hydrogen) atoms. The molecule has 69 valence electrons. The third kappa shape index (κ3) is 3.54. The second kappa shape index (κ2) is 6.87. The summed E-state index contributed by atoms with van der Waals surface area (Å²) in [5.74, 6) is 0. The van der Waals surface area contributed by atoms with Crippen LogP contribution in [-0.4, -0.2) is 33.7 Å². The van der Waals surface area contributed by atoms with Gasteiger partial charge in [-0.3, -0.25) is 10.6 Å². The summed E-state index contributed by atoms with van der Waals surface area (Å²) in [6.07, 6.45) is 0.907. The lowest BCUT2D eigenvalue weighted by Gasteiger charge is -2.22. The summed E-state index contributed by atoms with van der Waals surface area (Å²) in [5.41, 5.74) is 8.12. The van der Waals surface area contributed by atoms with E-state index in [0.717, 1.165) is 6.17 Å². The zero-order chi connectivity index (χ0) is 9.40. The van der Waals surface area contributed by atoms with Crippen LogP contribution in [0.15, 0.2) is 5.11 Å². The van der Waals surface area contributed by atoms with Gasteiger partial charge in [-0.1, -0.05) is 5.11 Å². The highest BCUT2D eigenvalue weighted by molar-refractivity contribution is 4.95. The van der Waals surface area contributed by atoms with Crippen LogP contribution in [0, 0.1) is 6.17 Å². The molecule has 0 spiro atoms. The van der Waals surface area contributed by atoms with Crippen molar-refractivity contribution in [3.05, 3.63) is 16.6 Å². The monoisotopic (exact) mass is 171 g/mol. The Kier molecular flexibility index (Phi) is 6.41. The first-order valence-corrected chi connectivity index (χ1v) is 3.70. The molecule has 1 unspecified atom stereocenters. The van der Waals surface area contributed by atoms with Crippen molar-refractivity contribution in [1.29, 1.82) is 0 Å². The molecule has 0 aromatic heterocycles. The predicted molar refractivity (Wildman–Crippen MR) is 48.2 cm³/mol. The summed E-state index contributed by atoms with van der Waals surface area (Å²) >= 11 is 0. The Morgan fingerprint density at radius 3 is 2.33 bits per heavy atom. The predicted octanol–water partition coefficient (Wildman–Crippen LogP) is -0.187. The lowest BCUT2D eigenvalue weighted by atomic mass is 10.2. The summed E-state index contributed by atoms with van der Waals surface area (Å²) in [6, 6.07) is 0.0240. The van der Waals surface area contributed by atoms with E-state index in [4.69, 9.17) is 5.53 Å². The molecule has 1 atom stereocenters. The van der Waals surface area contributed by atoms with Gasteiger partial charge < -0.3 is 5.32 Å². The first kappa shape index (κ1) is 11.2. The Hall–Kier alpha value is -0.810. The average molecular weight is 171 g/mol. The Labute approximate surface area is 72.3 Å². The van der Waals surface area contributed by atoms with Crippen molar-refractivity contribution in [3.63, 3.8) is 0 Å². The van der Waals surface area contributed by atoms with Crippen molar-refractivity contribution >= 4 is 0 Å². The maximum atomic E-state index is 8.12. The summed E-state index contributed by atoms with van der Waals surface area (Å²) < 4.78 is 0. The Bertz CT molecular complexity index is 148. The molecule has 0 aromatic carbocycles. The second-order valence-corrected chi connectivity index (χ2v) is 2.17. The van der Waals surface area contributed by atoms with Crippen molar-refractivity contribution < 1.29 is 0 Å². The van der Waals surface area contributed by atoms with E-state index in [9.17, 15) is 0 Å². The molecular formula is C6H15N6. The van der Waals surface area contributed by atoms with Crippen molar-refractivity contribution in [2.45, 2.75) is 6.04 Å². The summed E-state index contributed by atoms with van der Waals surface area (Å²) in [5, 5.41) is 12.4. The Morgan fingerprint density at radius 2 is 2.00 bits per heavy atom. The average Bonchev–Trinajstić information content (AvgIpc) is 2.12. The van der Waals surface area contributed by atoms with Crippen molar-refractivity contribution in [3.8, 4) is 0 Å². The molecule has 0 bridgehead atoms. The van der Waals surface area contributed by atoms with Gasteiger partial charge in [-0.2, -0.15) is 0 Å². The van der Waals surface area contributed by atoms with Crippen LogP contribution in [0.5, 0.6) is 0 Å². The summed E-state index contributed by atoms with van der Waals surface area (Å²) in [4.78, 5) is 2.69. The molecule has 3 N–H and O–H groups in total. The number of nitrogens with one attached hydrogen (secondary N) is 3. The molecule has 0 aliphatic carbocycles. The smallest absolute Gasteiger partial charge is 0.118 e. The molecule has 0 saturated carbocycles. The third-order valence-corrected chi connectivity index (χ3v) is 1.56. The molecule has 1 radical (unpaired) electrons. The molecule has 0 amide bonds. The van der Waals surface area contributed by atoms with Crippen LogP contribution >= 0.6 is 0 Å². The van der Waals surface area contributed by atoms with Gasteiger partial charge in [0, 0.05) is 17.5 Å². The van der Waals surface area contributed by atoms with Gasteiger partial charge in [0.25, 0.3) is 0 Å². The van der Waals surface area contributed by atoms with Gasteiger partial charge in [-0.25, -0.2) is 0 Å². The maximum Gasteiger partial charge on any atom is 0.118 e. The summed E-state index contributed by atoms with van der Waals surface area (Å²) in [7, 11) is 5.44. The van der Waals surface area contributed by atoms with Crippen LogP contribution in [0.3, 0.4) is 0 Å². The molecule has 0 heterocycles. The molecule has 0 aliphatic heterocycles. The molecule has 0 rings (SSSR count). The van der Waals surface area contributed by atoms with Crippen LogP contribution in [0.2, 0.25) is 0 Å². The topological polar surface area (TPSA) is 84.9 Å². The highest BCUT2D eigenvalue weighted by Crippen LogP contribution is 1.97. The highest BCUT2D eigenvalue weighted by atomic mass is 15.2. The fourth-order valence-corrected chi connectivity index (χ4v) is 0.919. The van der Waals surface area contributed by atoms with Gasteiger partial charge in [-0.15, -0.1) is 0 Å². The fourth-order valence-electron chi connectivity index (χ4n) is 0.919. The maximum absolute atomic E-state index is 8.12. The lowest BCUT2D eigenvalue weighted by Crippen LogP contribution is -2.47. The summed E-state index contributed by atoms with van der Waals surface area (Å²) in [6.45, 7) is 0.393. The van der Waals surface area contributed by atoms with Gasteiger partial charge in [0.2, 0.25) is 0 Å². The van der Waals surface area contributed by atoms with E-state index in [1.807, 2.05) is 21.1 Å². The minimum atomic E-state index is 0.0240. The third-order valence-electron chi connectivity index (χ3n) is 1.56. The molecular weight excluding hydrogens is 156 g/mol. The zero-order valence-electron chi connectivity index (χ0n) is 7.63. The van der Waals surface area contributed by atoms with E-state index < -0.39 is 0 Å². The Balaban J connectivity index is 4.00. The van der Waals surface area contributed by atoms with E-state index in [1.165, 1.54) is 0 Å². The van der Waals surface area contributed by atoms with E-state index in [-0.39, 0.29) is 6.04 Å². The molecule has 6 nitrogen and oxygen atoms in total. The van der Waals surface area contributed by atoms with Crippen LogP contribution < -0.4 is 16.0 Å². The lowest BCUT2D eigenvalue weighted by molar-refractivity contribution is 0.484. The first-order chi connectivity index (χ1) is 5.79. The van der Waals surface area contributed by atoms with Crippen LogP contribution in [-0.2, 0) is 0 Å². The molecule has 6 heteroatoms. The standard InChI is InChI=1S/C6H15N6/c1-8-5(4-11-12-7)6(9-2)10-3/h5,8-10H,4H2,1-3H3. The normalized spacial score (nSPS) is 12.7. The Morgan fingerprint density at radius 1 is 1.42 bits per heavy atom. The number of rotatable bonds is 6. The van der Waals surface area contributed by atoms with Gasteiger partial charge >= 0.3 is 0 Å². The molecule has 0 fully saturated rings. The van der Waals surface area contributed by atoms with E-state index in [1.54, 1.807) is 0 Å². The molecule has 0 aromatic rings.